The Morgan fingerprint density at radius 2 is 2.15 bits per heavy atom. The molecule has 1 aliphatic rings. The lowest BCUT2D eigenvalue weighted by Crippen LogP contribution is -2.32. The van der Waals surface area contributed by atoms with Crippen molar-refractivity contribution in [3.8, 4) is 0 Å². The van der Waals surface area contributed by atoms with Gasteiger partial charge in [0.15, 0.2) is 0 Å². The van der Waals surface area contributed by atoms with Crippen LogP contribution >= 0.6 is 0 Å². The normalized spacial score (nSPS) is 20.1. The summed E-state index contributed by atoms with van der Waals surface area (Å²) in [5.74, 6) is 1.03. The van der Waals surface area contributed by atoms with Gasteiger partial charge in [-0.15, -0.1) is 10.2 Å². The quantitative estimate of drug-likeness (QED) is 0.927. The minimum Gasteiger partial charge on any atom is -0.321 e. The van der Waals surface area contributed by atoms with Gasteiger partial charge in [0.2, 0.25) is 0 Å². The molecule has 1 aromatic carbocycles. The topological polar surface area (TPSA) is 42.7 Å². The summed E-state index contributed by atoms with van der Waals surface area (Å²) in [5.41, 5.74) is 3.20. The lowest BCUT2D eigenvalue weighted by molar-refractivity contribution is 0.270. The number of fused-ring (bicyclic) bond motifs is 1. The highest BCUT2D eigenvalue weighted by Gasteiger charge is 2.38. The van der Waals surface area contributed by atoms with Gasteiger partial charge in [-0.3, -0.25) is 0 Å². The Labute approximate surface area is 120 Å². The van der Waals surface area contributed by atoms with E-state index in [0.29, 0.717) is 6.04 Å². The number of nitrogens with zero attached hydrogens (tertiary/aromatic N) is 3. The third-order valence-electron chi connectivity index (χ3n) is 4.30. The van der Waals surface area contributed by atoms with E-state index in [4.69, 9.17) is 0 Å². The minimum atomic E-state index is 0.267. The zero-order valence-corrected chi connectivity index (χ0v) is 12.4. The van der Waals surface area contributed by atoms with E-state index in [1.165, 1.54) is 11.1 Å². The highest BCUT2D eigenvalue weighted by Crippen LogP contribution is 2.44. The molecule has 1 aliphatic carbocycles. The predicted octanol–water partition coefficient (Wildman–Crippen LogP) is 2.27. The first kappa shape index (κ1) is 13.3. The zero-order valence-electron chi connectivity index (χ0n) is 12.4. The van der Waals surface area contributed by atoms with Gasteiger partial charge in [0.05, 0.1) is 0 Å². The molecule has 1 unspecified atom stereocenters. The summed E-state index contributed by atoms with van der Waals surface area (Å²) < 4.78 is 1.98. The molecule has 1 N–H and O–H groups in total. The van der Waals surface area contributed by atoms with Crippen LogP contribution in [-0.2, 0) is 19.9 Å². The van der Waals surface area contributed by atoms with E-state index in [1.54, 1.807) is 6.33 Å². The van der Waals surface area contributed by atoms with Gasteiger partial charge in [-0.05, 0) is 23.0 Å². The van der Waals surface area contributed by atoms with Crippen molar-refractivity contribution in [1.29, 1.82) is 0 Å². The third-order valence-corrected chi connectivity index (χ3v) is 4.30. The van der Waals surface area contributed by atoms with E-state index < -0.39 is 0 Å². The summed E-state index contributed by atoms with van der Waals surface area (Å²) in [4.78, 5) is 0. The molecule has 106 valence electrons. The van der Waals surface area contributed by atoms with Crippen molar-refractivity contribution >= 4 is 0 Å². The number of aromatic nitrogens is 3. The second kappa shape index (κ2) is 5.02. The van der Waals surface area contributed by atoms with Gasteiger partial charge >= 0.3 is 0 Å². The van der Waals surface area contributed by atoms with Crippen molar-refractivity contribution in [2.45, 2.75) is 32.7 Å². The lowest BCUT2D eigenvalue weighted by atomic mass is 9.85. The number of benzene rings is 1. The average molecular weight is 270 g/mol. The van der Waals surface area contributed by atoms with Gasteiger partial charge in [-0.2, -0.15) is 0 Å². The van der Waals surface area contributed by atoms with E-state index in [-0.39, 0.29) is 5.41 Å². The molecule has 0 bridgehead atoms. The van der Waals surface area contributed by atoms with Gasteiger partial charge in [0.25, 0.3) is 0 Å². The number of aryl methyl sites for hydroxylation is 1. The summed E-state index contributed by atoms with van der Waals surface area (Å²) in [6.07, 6.45) is 3.81. The Balaban J connectivity index is 1.69. The van der Waals surface area contributed by atoms with Crippen LogP contribution in [0.2, 0.25) is 0 Å². The second-order valence-corrected chi connectivity index (χ2v) is 6.36. The van der Waals surface area contributed by atoms with Crippen molar-refractivity contribution in [2.75, 3.05) is 6.54 Å². The molecule has 0 saturated heterocycles. The van der Waals surface area contributed by atoms with Crippen LogP contribution in [0.5, 0.6) is 0 Å². The smallest absolute Gasteiger partial charge is 0.133 e. The van der Waals surface area contributed by atoms with Crippen LogP contribution in [-0.4, -0.2) is 21.3 Å². The molecule has 0 amide bonds. The van der Waals surface area contributed by atoms with Crippen molar-refractivity contribution in [3.63, 3.8) is 0 Å². The first-order chi connectivity index (χ1) is 9.58. The monoisotopic (exact) mass is 270 g/mol. The fourth-order valence-electron chi connectivity index (χ4n) is 3.24. The van der Waals surface area contributed by atoms with Crippen LogP contribution in [0, 0.1) is 5.41 Å². The highest BCUT2D eigenvalue weighted by molar-refractivity contribution is 5.37. The van der Waals surface area contributed by atoms with Crippen molar-refractivity contribution < 1.29 is 0 Å². The largest absolute Gasteiger partial charge is 0.321 e. The molecule has 0 aliphatic heterocycles. The van der Waals surface area contributed by atoms with E-state index in [2.05, 4.69) is 53.6 Å². The molecule has 4 nitrogen and oxygen atoms in total. The Morgan fingerprint density at radius 3 is 2.90 bits per heavy atom. The lowest BCUT2D eigenvalue weighted by Gasteiger charge is -2.28. The molecule has 0 fully saturated rings. The Kier molecular flexibility index (Phi) is 3.34. The maximum absolute atomic E-state index is 4.13. The molecule has 4 heteroatoms. The Hall–Kier alpha value is -1.68. The number of hydrogen-bond acceptors (Lipinski definition) is 3. The standard InChI is InChI=1S/C16H22N4/c1-16(2)10-12-6-4-5-7-13(12)15(16)17-9-8-14-19-18-11-20(14)3/h4-7,11,15,17H,8-10H2,1-3H3. The fourth-order valence-corrected chi connectivity index (χ4v) is 3.24. The van der Waals surface area contributed by atoms with Crippen LogP contribution in [0.3, 0.4) is 0 Å². The van der Waals surface area contributed by atoms with E-state index in [9.17, 15) is 0 Å². The SMILES string of the molecule is Cn1cnnc1CCNC1c2ccccc2CC1(C)C. The van der Waals surface area contributed by atoms with Crippen molar-refractivity contribution in [3.05, 3.63) is 47.5 Å². The molecular formula is C16H22N4. The van der Waals surface area contributed by atoms with Gasteiger partial charge in [0.1, 0.15) is 12.2 Å². The fraction of sp³-hybridized carbons (Fsp3) is 0.500. The Bertz CT molecular complexity index is 600. The van der Waals surface area contributed by atoms with Crippen LogP contribution in [0.4, 0.5) is 0 Å². The van der Waals surface area contributed by atoms with Crippen LogP contribution < -0.4 is 5.32 Å². The molecular weight excluding hydrogens is 248 g/mol. The first-order valence-electron chi connectivity index (χ1n) is 7.22. The van der Waals surface area contributed by atoms with Crippen LogP contribution in [0.25, 0.3) is 0 Å². The maximum Gasteiger partial charge on any atom is 0.133 e. The summed E-state index contributed by atoms with van der Waals surface area (Å²) in [6, 6.07) is 9.20. The summed E-state index contributed by atoms with van der Waals surface area (Å²) >= 11 is 0. The zero-order chi connectivity index (χ0) is 14.2. The van der Waals surface area contributed by atoms with Crippen molar-refractivity contribution in [1.82, 2.24) is 20.1 Å². The Morgan fingerprint density at radius 1 is 1.35 bits per heavy atom. The molecule has 20 heavy (non-hydrogen) atoms. The molecule has 1 aromatic heterocycles. The second-order valence-electron chi connectivity index (χ2n) is 6.36. The van der Waals surface area contributed by atoms with Gasteiger partial charge in [-0.1, -0.05) is 38.1 Å². The van der Waals surface area contributed by atoms with Gasteiger partial charge < -0.3 is 9.88 Å². The van der Waals surface area contributed by atoms with E-state index >= 15 is 0 Å². The molecule has 0 spiro atoms. The molecule has 0 saturated carbocycles. The van der Waals surface area contributed by atoms with Crippen molar-refractivity contribution in [2.24, 2.45) is 12.5 Å². The van der Waals surface area contributed by atoms with Gasteiger partial charge in [-0.25, -0.2) is 0 Å². The highest BCUT2D eigenvalue weighted by atomic mass is 15.2. The predicted molar refractivity (Wildman–Crippen MR) is 79.4 cm³/mol. The molecule has 2 aromatic rings. The average Bonchev–Trinajstić information content (AvgIpc) is 2.91. The van der Waals surface area contributed by atoms with E-state index in [0.717, 1.165) is 25.2 Å². The van der Waals surface area contributed by atoms with Crippen LogP contribution in [0.1, 0.15) is 36.8 Å². The molecule has 0 radical (unpaired) electrons. The number of rotatable bonds is 4. The number of nitrogens with one attached hydrogen (secondary N) is 1. The molecule has 1 atom stereocenters. The summed E-state index contributed by atoms with van der Waals surface area (Å²) in [5, 5.41) is 11.8. The van der Waals surface area contributed by atoms with E-state index in [1.807, 2.05) is 11.6 Å². The minimum absolute atomic E-state index is 0.267. The maximum atomic E-state index is 4.13. The molecule has 1 heterocycles. The number of hydrogen-bond donors (Lipinski definition) is 1. The first-order valence-corrected chi connectivity index (χ1v) is 7.22. The molecule has 3 rings (SSSR count). The summed E-state index contributed by atoms with van der Waals surface area (Å²) in [6.45, 7) is 5.61. The van der Waals surface area contributed by atoms with Crippen LogP contribution in [0.15, 0.2) is 30.6 Å². The summed E-state index contributed by atoms with van der Waals surface area (Å²) in [7, 11) is 1.99. The third kappa shape index (κ3) is 2.36. The van der Waals surface area contributed by atoms with Gasteiger partial charge in [0, 0.05) is 26.1 Å².